The lowest BCUT2D eigenvalue weighted by Gasteiger charge is -2.16. The van der Waals surface area contributed by atoms with Crippen LogP contribution in [0.1, 0.15) is 33.0 Å². The fourth-order valence-electron chi connectivity index (χ4n) is 4.33. The van der Waals surface area contributed by atoms with Gasteiger partial charge in [0.25, 0.3) is 0 Å². The van der Waals surface area contributed by atoms with E-state index in [1.807, 2.05) is 24.3 Å². The Morgan fingerprint density at radius 3 is 2.36 bits per heavy atom. The lowest BCUT2D eigenvalue weighted by atomic mass is 9.98. The van der Waals surface area contributed by atoms with Gasteiger partial charge in [0.15, 0.2) is 6.29 Å². The van der Waals surface area contributed by atoms with E-state index < -0.39 is 6.09 Å². The first-order valence-electron chi connectivity index (χ1n) is 11.2. The van der Waals surface area contributed by atoms with Crippen molar-refractivity contribution in [3.8, 4) is 11.1 Å². The summed E-state index contributed by atoms with van der Waals surface area (Å²) in [6.45, 7) is 0.309. The van der Waals surface area contributed by atoms with Gasteiger partial charge in [0, 0.05) is 34.7 Å². The van der Waals surface area contributed by atoms with Gasteiger partial charge in [0.1, 0.15) is 11.6 Å². The molecule has 0 unspecified atom stereocenters. The first-order valence-corrected chi connectivity index (χ1v) is 12.8. The average molecular weight is 535 g/mol. The van der Waals surface area contributed by atoms with E-state index in [4.69, 9.17) is 27.9 Å². The van der Waals surface area contributed by atoms with Gasteiger partial charge in [-0.1, -0.05) is 83.5 Å². The number of carbonyl (C=O) groups is 2. The van der Waals surface area contributed by atoms with Crippen molar-refractivity contribution in [1.82, 2.24) is 10.3 Å². The Labute approximate surface area is 222 Å². The van der Waals surface area contributed by atoms with Crippen LogP contribution in [0.25, 0.3) is 11.1 Å². The number of amides is 1. The van der Waals surface area contributed by atoms with Gasteiger partial charge in [-0.3, -0.25) is 4.79 Å². The Morgan fingerprint density at radius 2 is 1.67 bits per heavy atom. The van der Waals surface area contributed by atoms with Crippen LogP contribution in [0, 0.1) is 0 Å². The molecular weight excluding hydrogens is 515 g/mol. The Balaban J connectivity index is 1.29. The minimum atomic E-state index is -0.560. The molecule has 1 aromatic heterocycles. The van der Waals surface area contributed by atoms with Crippen LogP contribution in [0.15, 0.2) is 88.9 Å². The van der Waals surface area contributed by atoms with Gasteiger partial charge in [-0.15, -0.1) is 0 Å². The molecule has 0 radical (unpaired) electrons. The van der Waals surface area contributed by atoms with Crippen LogP contribution in [0.4, 0.5) is 4.79 Å². The molecule has 4 aromatic rings. The molecule has 0 aliphatic heterocycles. The van der Waals surface area contributed by atoms with E-state index >= 15 is 0 Å². The maximum Gasteiger partial charge on any atom is 0.407 e. The van der Waals surface area contributed by atoms with Crippen LogP contribution in [-0.2, 0) is 11.3 Å². The van der Waals surface area contributed by atoms with Crippen LogP contribution < -0.4 is 5.32 Å². The monoisotopic (exact) mass is 534 g/mol. The summed E-state index contributed by atoms with van der Waals surface area (Å²) in [5.41, 5.74) is 5.69. The van der Waals surface area contributed by atoms with Crippen molar-refractivity contribution in [3.63, 3.8) is 0 Å². The van der Waals surface area contributed by atoms with Crippen molar-refractivity contribution in [2.24, 2.45) is 0 Å². The van der Waals surface area contributed by atoms with Crippen molar-refractivity contribution in [2.45, 2.75) is 22.4 Å². The van der Waals surface area contributed by atoms with E-state index in [0.29, 0.717) is 26.2 Å². The van der Waals surface area contributed by atoms with Crippen molar-refractivity contribution in [1.29, 1.82) is 0 Å². The zero-order chi connectivity index (χ0) is 25.1. The highest BCUT2D eigenvalue weighted by atomic mass is 35.5. The number of aldehydes is 1. The van der Waals surface area contributed by atoms with Crippen LogP contribution in [0.5, 0.6) is 0 Å². The standard InChI is InChI=1S/C28H20Cl2N2O3S/c29-24-11-12-25(36-27-17(15-33)6-5-13-31-27)22(26(24)30)14-32-28(34)35-16-23-20-9-3-1-7-18(20)19-8-2-4-10-21(19)23/h1-13,15,23H,14,16H2,(H,32,34). The summed E-state index contributed by atoms with van der Waals surface area (Å²) in [7, 11) is 0. The summed E-state index contributed by atoms with van der Waals surface area (Å²) >= 11 is 14.0. The summed E-state index contributed by atoms with van der Waals surface area (Å²) in [4.78, 5) is 29.1. The van der Waals surface area contributed by atoms with Gasteiger partial charge in [-0.2, -0.15) is 0 Å². The van der Waals surface area contributed by atoms with E-state index in [1.54, 1.807) is 30.5 Å². The zero-order valence-electron chi connectivity index (χ0n) is 18.9. The number of hydrogen-bond acceptors (Lipinski definition) is 5. The molecule has 1 aliphatic carbocycles. The third kappa shape index (κ3) is 4.85. The molecule has 36 heavy (non-hydrogen) atoms. The normalized spacial score (nSPS) is 12.1. The minimum absolute atomic E-state index is 0.0325. The molecule has 180 valence electrons. The number of nitrogens with zero attached hydrogens (tertiary/aromatic N) is 1. The Hall–Kier alpha value is -3.32. The molecule has 1 N–H and O–H groups in total. The minimum Gasteiger partial charge on any atom is -0.449 e. The number of carbonyl (C=O) groups excluding carboxylic acids is 2. The lowest BCUT2D eigenvalue weighted by molar-refractivity contribution is 0.112. The van der Waals surface area contributed by atoms with Gasteiger partial charge in [-0.05, 0) is 46.5 Å². The first-order chi connectivity index (χ1) is 17.6. The smallest absolute Gasteiger partial charge is 0.407 e. The second-order valence-corrected chi connectivity index (χ2v) is 9.95. The number of rotatable bonds is 7. The van der Waals surface area contributed by atoms with E-state index in [0.717, 1.165) is 22.3 Å². The topological polar surface area (TPSA) is 68.3 Å². The molecule has 1 aliphatic rings. The zero-order valence-corrected chi connectivity index (χ0v) is 21.2. The van der Waals surface area contributed by atoms with Crippen molar-refractivity contribution < 1.29 is 14.3 Å². The van der Waals surface area contributed by atoms with Gasteiger partial charge < -0.3 is 10.1 Å². The van der Waals surface area contributed by atoms with Crippen LogP contribution in [0.3, 0.4) is 0 Å². The molecule has 0 spiro atoms. The predicted molar refractivity (Wildman–Crippen MR) is 142 cm³/mol. The molecule has 0 fully saturated rings. The number of nitrogens with one attached hydrogen (secondary N) is 1. The van der Waals surface area contributed by atoms with Gasteiger partial charge >= 0.3 is 6.09 Å². The third-order valence-corrected chi connectivity index (χ3v) is 8.02. The first kappa shape index (κ1) is 24.4. The van der Waals surface area contributed by atoms with E-state index in [-0.39, 0.29) is 19.1 Å². The summed E-state index contributed by atoms with van der Waals surface area (Å²) in [5, 5.41) is 4.01. The van der Waals surface area contributed by atoms with Gasteiger partial charge in [-0.25, -0.2) is 9.78 Å². The highest BCUT2D eigenvalue weighted by Gasteiger charge is 2.29. The largest absolute Gasteiger partial charge is 0.449 e. The summed E-state index contributed by atoms with van der Waals surface area (Å²) < 4.78 is 5.63. The van der Waals surface area contributed by atoms with Crippen molar-refractivity contribution in [2.75, 3.05) is 6.61 Å². The SMILES string of the molecule is O=Cc1cccnc1Sc1ccc(Cl)c(Cl)c1CNC(=O)OCC1c2ccccc2-c2ccccc21. The molecule has 0 saturated heterocycles. The van der Waals surface area contributed by atoms with E-state index in [1.165, 1.54) is 22.9 Å². The number of aromatic nitrogens is 1. The number of hydrogen-bond donors (Lipinski definition) is 1. The molecular formula is C28H20Cl2N2O3S. The summed E-state index contributed by atoms with van der Waals surface area (Å²) in [5.74, 6) is -0.0325. The lowest BCUT2D eigenvalue weighted by Crippen LogP contribution is -2.26. The second kappa shape index (κ2) is 10.7. The highest BCUT2D eigenvalue weighted by molar-refractivity contribution is 7.99. The maximum atomic E-state index is 12.7. The maximum absolute atomic E-state index is 12.7. The van der Waals surface area contributed by atoms with E-state index in [2.05, 4.69) is 34.6 Å². The molecule has 0 saturated carbocycles. The second-order valence-electron chi connectivity index (χ2n) is 8.13. The highest BCUT2D eigenvalue weighted by Crippen LogP contribution is 2.44. The fraction of sp³-hybridized carbons (Fsp3) is 0.107. The molecule has 1 heterocycles. The average Bonchev–Trinajstić information content (AvgIpc) is 3.23. The molecule has 1 amide bonds. The Kier molecular flexibility index (Phi) is 7.28. The number of alkyl carbamates (subject to hydrolysis) is 1. The number of pyridine rings is 1. The molecule has 0 atom stereocenters. The van der Waals surface area contributed by atoms with Crippen LogP contribution in [0.2, 0.25) is 10.0 Å². The van der Waals surface area contributed by atoms with Gasteiger partial charge in [0.05, 0.1) is 10.0 Å². The third-order valence-electron chi connectivity index (χ3n) is 6.04. The molecule has 3 aromatic carbocycles. The Morgan fingerprint density at radius 1 is 0.972 bits per heavy atom. The quantitative estimate of drug-likeness (QED) is 0.250. The van der Waals surface area contributed by atoms with Crippen LogP contribution >= 0.6 is 35.0 Å². The molecule has 8 heteroatoms. The Bertz CT molecular complexity index is 1420. The fourth-order valence-corrected chi connectivity index (χ4v) is 5.78. The number of ether oxygens (including phenoxy) is 1. The number of benzene rings is 3. The summed E-state index contributed by atoms with van der Waals surface area (Å²) in [6.07, 6.45) is 1.80. The number of halogens is 2. The van der Waals surface area contributed by atoms with E-state index in [9.17, 15) is 9.59 Å². The van der Waals surface area contributed by atoms with Crippen LogP contribution in [-0.4, -0.2) is 24.0 Å². The summed E-state index contributed by atoms with van der Waals surface area (Å²) in [6, 6.07) is 23.2. The van der Waals surface area contributed by atoms with Gasteiger partial charge in [0.2, 0.25) is 0 Å². The van der Waals surface area contributed by atoms with Crippen molar-refractivity contribution >= 4 is 47.3 Å². The van der Waals surface area contributed by atoms with Crippen molar-refractivity contribution in [3.05, 3.63) is 111 Å². The molecule has 0 bridgehead atoms. The number of fused-ring (bicyclic) bond motifs is 3. The molecule has 5 nitrogen and oxygen atoms in total. The predicted octanol–water partition coefficient (Wildman–Crippen LogP) is 7.39. The molecule has 5 rings (SSSR count).